The van der Waals surface area contributed by atoms with Crippen molar-refractivity contribution in [3.05, 3.63) is 134 Å². The van der Waals surface area contributed by atoms with Crippen molar-refractivity contribution in [2.45, 2.75) is 75.2 Å². The number of non-ortho nitro benzene ring substituents is 1. The lowest BCUT2D eigenvalue weighted by atomic mass is 9.74. The Morgan fingerprint density at radius 2 is 1.76 bits per heavy atom. The molecule has 9 rings (SSSR count). The molecule has 5 heterocycles. The molecule has 1 saturated heterocycles. The Hall–Kier alpha value is -7.07. The van der Waals surface area contributed by atoms with Crippen LogP contribution in [0.5, 0.6) is 11.5 Å². The van der Waals surface area contributed by atoms with Gasteiger partial charge in [-0.15, -0.1) is 0 Å². The molecule has 2 aromatic heterocycles. The third-order valence-electron chi connectivity index (χ3n) is 12.1. The van der Waals surface area contributed by atoms with Crippen LogP contribution >= 0.6 is 11.8 Å². The molecule has 0 saturated carbocycles. The van der Waals surface area contributed by atoms with Gasteiger partial charge in [0.1, 0.15) is 35.8 Å². The van der Waals surface area contributed by atoms with E-state index < -0.39 is 41.0 Å². The van der Waals surface area contributed by atoms with Gasteiger partial charge in [-0.1, -0.05) is 24.6 Å². The van der Waals surface area contributed by atoms with Gasteiger partial charge < -0.3 is 50.6 Å². The standard InChI is InChI=1S/C46H46N8O12S/c55-28-10-13-32-34(19-28)64-35-20-29(56)11-14-33(35)46(32)31-12-7-26(18-30(31)45(61)66-46)43(60)48-15-3-1-2-4-37(57)47-16-17-67-22-36-39(58)40(59)44(65-36)53-24-52-38-41(50-23-51-42(38)53)49-21-25-5-8-27(9-6-25)54(62)63/h5-10,12-13,18-20,23-24,36,39-40,44,55-56,58-59H,1-4,11,14-17,21-22H2,(H,47,57)(H,48,60)(H,49,50,51)/t36-,39-,40-,44-,46?/m1/s1. The number of aliphatic hydroxyl groups is 3. The van der Waals surface area contributed by atoms with Crippen LogP contribution in [-0.4, -0.2) is 106 Å². The van der Waals surface area contributed by atoms with E-state index in [9.17, 15) is 44.9 Å². The Labute approximate surface area is 386 Å². The summed E-state index contributed by atoms with van der Waals surface area (Å²) in [5.41, 5.74) is 2.49. The molecule has 20 nitrogen and oxygen atoms in total. The second-order valence-corrected chi connectivity index (χ2v) is 17.6. The number of thioether (sulfide) groups is 1. The zero-order chi connectivity index (χ0) is 46.8. The van der Waals surface area contributed by atoms with E-state index in [0.717, 1.165) is 5.56 Å². The molecule has 0 radical (unpaired) electrons. The maximum atomic E-state index is 13.4. The first-order valence-corrected chi connectivity index (χ1v) is 22.9. The number of fused-ring (bicyclic) bond motifs is 6. The number of phenols is 1. The fourth-order valence-electron chi connectivity index (χ4n) is 8.76. The second-order valence-electron chi connectivity index (χ2n) is 16.5. The summed E-state index contributed by atoms with van der Waals surface area (Å²) in [5.74, 6) is 0.966. The van der Waals surface area contributed by atoms with Crippen LogP contribution in [0, 0.1) is 10.1 Å². The van der Waals surface area contributed by atoms with E-state index in [0.29, 0.717) is 109 Å². The minimum absolute atomic E-state index is 0.0108. The number of anilines is 1. The van der Waals surface area contributed by atoms with Crippen LogP contribution < -0.4 is 20.7 Å². The van der Waals surface area contributed by atoms with Crippen LogP contribution in [0.4, 0.5) is 11.5 Å². The smallest absolute Gasteiger partial charge is 0.340 e. The number of nitrogens with one attached hydrogen (secondary N) is 3. The van der Waals surface area contributed by atoms with Gasteiger partial charge in [0.15, 0.2) is 28.8 Å². The van der Waals surface area contributed by atoms with E-state index in [1.165, 1.54) is 60.8 Å². The first-order chi connectivity index (χ1) is 32.4. The molecule has 5 aromatic rings. The molecule has 5 atom stereocenters. The number of carbonyl (C=O) groups excluding carboxylic acids is 3. The lowest BCUT2D eigenvalue weighted by molar-refractivity contribution is -0.384. The summed E-state index contributed by atoms with van der Waals surface area (Å²) < 4.78 is 19.8. The molecular formula is C46H46N8O12S. The Morgan fingerprint density at radius 3 is 2.58 bits per heavy atom. The van der Waals surface area contributed by atoms with Crippen LogP contribution in [0.3, 0.4) is 0 Å². The highest BCUT2D eigenvalue weighted by Gasteiger charge is 2.55. The number of esters is 1. The van der Waals surface area contributed by atoms with Gasteiger partial charge in [0.05, 0.1) is 28.7 Å². The van der Waals surface area contributed by atoms with Crippen molar-refractivity contribution in [3.8, 4) is 11.5 Å². The minimum Gasteiger partial charge on any atom is -0.512 e. The molecule has 3 aliphatic heterocycles. The number of aliphatic hydroxyl groups excluding tert-OH is 3. The zero-order valence-corrected chi connectivity index (χ0v) is 36.6. The number of phenolic OH excluding ortho intramolecular Hbond substituents is 1. The van der Waals surface area contributed by atoms with Gasteiger partial charge in [0, 0.05) is 90.5 Å². The molecule has 7 N–H and O–H groups in total. The van der Waals surface area contributed by atoms with E-state index >= 15 is 0 Å². The van der Waals surface area contributed by atoms with E-state index in [1.54, 1.807) is 34.9 Å². The molecule has 2 amide bonds. The number of amides is 2. The molecule has 21 heteroatoms. The number of nitrogens with zero attached hydrogens (tertiary/aromatic N) is 5. The zero-order valence-electron chi connectivity index (χ0n) is 35.8. The lowest BCUT2D eigenvalue weighted by Crippen LogP contribution is -2.36. The predicted octanol–water partition coefficient (Wildman–Crippen LogP) is 4.81. The Kier molecular flexibility index (Phi) is 12.8. The Balaban J connectivity index is 0.685. The average molecular weight is 935 g/mol. The third kappa shape index (κ3) is 8.97. The highest BCUT2D eigenvalue weighted by molar-refractivity contribution is 7.99. The second kappa shape index (κ2) is 19.0. The molecule has 1 unspecified atom stereocenters. The van der Waals surface area contributed by atoms with Crippen molar-refractivity contribution < 1.29 is 53.9 Å². The molecule has 1 spiro atoms. The number of allylic oxidation sites excluding steroid dienone is 2. The van der Waals surface area contributed by atoms with Crippen molar-refractivity contribution >= 4 is 52.2 Å². The lowest BCUT2D eigenvalue weighted by Gasteiger charge is -2.39. The maximum absolute atomic E-state index is 13.4. The van der Waals surface area contributed by atoms with E-state index in [-0.39, 0.29) is 45.9 Å². The van der Waals surface area contributed by atoms with Gasteiger partial charge in [0.25, 0.3) is 11.6 Å². The largest absolute Gasteiger partial charge is 0.512 e. The van der Waals surface area contributed by atoms with Gasteiger partial charge in [0.2, 0.25) is 5.91 Å². The van der Waals surface area contributed by atoms with Crippen molar-refractivity contribution in [1.82, 2.24) is 30.2 Å². The number of aromatic nitrogens is 4. The number of nitro groups is 1. The molecule has 348 valence electrons. The molecule has 4 aliphatic rings. The SMILES string of the molecule is O=C(CCCCCNC(=O)c1ccc2c(c1)C(=O)OC21C2=C(C=C(O)CC2)Oc2cc(O)ccc21)NCCSC[C@H]1O[C@@H](n2cnc3c(NCc4ccc([N+](=O)[O-])cc4)ncnc32)[C@H](O)[C@@H]1O. The number of hydrogen-bond donors (Lipinski definition) is 7. The van der Waals surface area contributed by atoms with Gasteiger partial charge in [-0.25, -0.2) is 19.7 Å². The number of imidazole rings is 1. The van der Waals surface area contributed by atoms with Crippen LogP contribution in [0.15, 0.2) is 96.5 Å². The minimum atomic E-state index is -1.34. The van der Waals surface area contributed by atoms with E-state index in [4.69, 9.17) is 14.2 Å². The van der Waals surface area contributed by atoms with Crippen LogP contribution in [0.25, 0.3) is 11.2 Å². The Bertz CT molecular complexity index is 2820. The number of unbranched alkanes of at least 4 members (excludes halogenated alkanes) is 2. The summed E-state index contributed by atoms with van der Waals surface area (Å²) in [6.07, 6.45) is 3.14. The summed E-state index contributed by atoms with van der Waals surface area (Å²) in [4.78, 5) is 62.7. The highest BCUT2D eigenvalue weighted by Crippen LogP contribution is 2.56. The summed E-state index contributed by atoms with van der Waals surface area (Å²) in [6.45, 7) is 1.08. The fraction of sp³-hybridized carbons (Fsp3) is 0.348. The van der Waals surface area contributed by atoms with Gasteiger partial charge in [-0.2, -0.15) is 11.8 Å². The molecule has 3 aromatic carbocycles. The Morgan fingerprint density at radius 1 is 0.940 bits per heavy atom. The fourth-order valence-corrected chi connectivity index (χ4v) is 9.68. The number of ether oxygens (including phenoxy) is 3. The van der Waals surface area contributed by atoms with Gasteiger partial charge in [-0.3, -0.25) is 24.3 Å². The van der Waals surface area contributed by atoms with Crippen LogP contribution in [-0.2, 0) is 26.4 Å². The first-order valence-electron chi connectivity index (χ1n) is 21.7. The molecular weight excluding hydrogens is 889 g/mol. The number of carbonyl (C=O) groups is 3. The average Bonchev–Trinajstić information content (AvgIpc) is 3.97. The van der Waals surface area contributed by atoms with Crippen LogP contribution in [0.1, 0.15) is 82.2 Å². The monoisotopic (exact) mass is 934 g/mol. The summed E-state index contributed by atoms with van der Waals surface area (Å²) in [5, 5.41) is 62.1. The molecule has 0 bridgehead atoms. The normalized spacial score (nSPS) is 21.5. The summed E-state index contributed by atoms with van der Waals surface area (Å²) in [6, 6.07) is 15.5. The highest BCUT2D eigenvalue weighted by atomic mass is 32.2. The third-order valence-corrected chi connectivity index (χ3v) is 13.2. The van der Waals surface area contributed by atoms with Gasteiger partial charge >= 0.3 is 5.97 Å². The molecule has 1 aliphatic carbocycles. The number of nitro benzene ring substituents is 1. The van der Waals surface area contributed by atoms with Crippen molar-refractivity contribution in [2.75, 3.05) is 29.9 Å². The number of hydrogen-bond acceptors (Lipinski definition) is 17. The molecule has 67 heavy (non-hydrogen) atoms. The van der Waals surface area contributed by atoms with Crippen molar-refractivity contribution in [3.63, 3.8) is 0 Å². The van der Waals surface area contributed by atoms with Gasteiger partial charge in [-0.05, 0) is 49.1 Å². The number of aromatic hydroxyl groups is 1. The summed E-state index contributed by atoms with van der Waals surface area (Å²) >= 11 is 1.46. The van der Waals surface area contributed by atoms with Crippen molar-refractivity contribution in [1.29, 1.82) is 0 Å². The number of benzene rings is 3. The quantitative estimate of drug-likeness (QED) is 0.0285. The topological polar surface area (TPSA) is 283 Å². The van der Waals surface area contributed by atoms with E-state index in [2.05, 4.69) is 30.9 Å². The number of rotatable bonds is 17. The molecule has 1 fully saturated rings. The van der Waals surface area contributed by atoms with Crippen molar-refractivity contribution in [2.24, 2.45) is 0 Å². The maximum Gasteiger partial charge on any atom is 0.340 e. The predicted molar refractivity (Wildman–Crippen MR) is 241 cm³/mol. The van der Waals surface area contributed by atoms with Crippen LogP contribution in [0.2, 0.25) is 0 Å². The first kappa shape index (κ1) is 45.1. The van der Waals surface area contributed by atoms with E-state index in [1.807, 2.05) is 0 Å². The summed E-state index contributed by atoms with van der Waals surface area (Å²) in [7, 11) is 0.